The molecule has 0 saturated heterocycles. The van der Waals surface area contributed by atoms with Gasteiger partial charge in [0.25, 0.3) is 0 Å². The molecule has 3 nitrogen and oxygen atoms in total. The molecule has 92 valence electrons. The zero-order chi connectivity index (χ0) is 13.0. The smallest absolute Gasteiger partial charge is 0.309 e. The molecular formula is C15H15NO2. The number of carbonyl (C=O) groups is 1. The molecule has 0 saturated carbocycles. The van der Waals surface area contributed by atoms with E-state index in [2.05, 4.69) is 9.72 Å². The van der Waals surface area contributed by atoms with E-state index in [9.17, 15) is 4.79 Å². The van der Waals surface area contributed by atoms with Crippen LogP contribution in [0.15, 0.2) is 36.5 Å². The molecule has 0 bridgehead atoms. The van der Waals surface area contributed by atoms with Crippen LogP contribution in [-0.4, -0.2) is 18.1 Å². The van der Waals surface area contributed by atoms with Crippen molar-refractivity contribution >= 4 is 22.9 Å². The number of fused-ring (bicyclic) bond motifs is 1. The summed E-state index contributed by atoms with van der Waals surface area (Å²) < 4.78 is 4.59. The van der Waals surface area contributed by atoms with Crippen LogP contribution in [0.25, 0.3) is 17.0 Å². The molecule has 0 aliphatic rings. The monoisotopic (exact) mass is 241 g/mol. The highest BCUT2D eigenvalue weighted by Crippen LogP contribution is 2.20. The fourth-order valence-electron chi connectivity index (χ4n) is 1.85. The van der Waals surface area contributed by atoms with Gasteiger partial charge in [0.2, 0.25) is 0 Å². The molecule has 0 N–H and O–H groups in total. The number of rotatable bonds is 3. The van der Waals surface area contributed by atoms with Gasteiger partial charge in [0.05, 0.1) is 19.0 Å². The molecule has 0 radical (unpaired) electrons. The van der Waals surface area contributed by atoms with Gasteiger partial charge in [-0.15, -0.1) is 0 Å². The Balaban J connectivity index is 2.29. The number of hydrogen-bond donors (Lipinski definition) is 0. The Morgan fingerprint density at radius 3 is 3.00 bits per heavy atom. The third kappa shape index (κ3) is 2.56. The van der Waals surface area contributed by atoms with Crippen molar-refractivity contribution in [2.24, 2.45) is 0 Å². The predicted molar refractivity (Wildman–Crippen MR) is 72.1 cm³/mol. The first-order chi connectivity index (χ1) is 8.72. The highest BCUT2D eigenvalue weighted by atomic mass is 16.5. The largest absolute Gasteiger partial charge is 0.469 e. The van der Waals surface area contributed by atoms with Crippen LogP contribution in [0.4, 0.5) is 0 Å². The highest BCUT2D eigenvalue weighted by Gasteiger charge is 2.02. The van der Waals surface area contributed by atoms with Crippen LogP contribution in [0.1, 0.15) is 17.5 Å². The molecular weight excluding hydrogens is 226 g/mol. The van der Waals surface area contributed by atoms with Crippen LogP contribution in [0.5, 0.6) is 0 Å². The Kier molecular flexibility index (Phi) is 3.72. The molecule has 1 aromatic heterocycles. The lowest BCUT2D eigenvalue weighted by Gasteiger charge is -2.04. The summed E-state index contributed by atoms with van der Waals surface area (Å²) in [5.41, 5.74) is 3.19. The maximum Gasteiger partial charge on any atom is 0.309 e. The van der Waals surface area contributed by atoms with Crippen molar-refractivity contribution in [2.45, 2.75) is 13.3 Å². The van der Waals surface area contributed by atoms with E-state index >= 15 is 0 Å². The van der Waals surface area contributed by atoms with Crippen LogP contribution in [0, 0.1) is 6.92 Å². The fraction of sp³-hybridized carbons (Fsp3) is 0.200. The van der Waals surface area contributed by atoms with E-state index in [0.717, 1.165) is 22.0 Å². The molecule has 0 amide bonds. The summed E-state index contributed by atoms with van der Waals surface area (Å²) in [6.07, 6.45) is 5.82. The number of carbonyl (C=O) groups excluding carboxylic acids is 1. The minimum Gasteiger partial charge on any atom is -0.469 e. The normalized spacial score (nSPS) is 11.0. The van der Waals surface area contributed by atoms with Gasteiger partial charge in [-0.2, -0.15) is 0 Å². The summed E-state index contributed by atoms with van der Waals surface area (Å²) in [5.74, 6) is -0.234. The zero-order valence-electron chi connectivity index (χ0n) is 10.5. The van der Waals surface area contributed by atoms with Crippen LogP contribution < -0.4 is 0 Å². The van der Waals surface area contributed by atoms with Crippen LogP contribution in [0.3, 0.4) is 0 Å². The second-order valence-electron chi connectivity index (χ2n) is 4.04. The van der Waals surface area contributed by atoms with Gasteiger partial charge in [-0.3, -0.25) is 9.78 Å². The molecule has 0 unspecified atom stereocenters. The van der Waals surface area contributed by atoms with Gasteiger partial charge in [0, 0.05) is 11.6 Å². The minimum atomic E-state index is -0.234. The summed E-state index contributed by atoms with van der Waals surface area (Å²) in [6, 6.07) is 8.03. The van der Waals surface area contributed by atoms with Gasteiger partial charge >= 0.3 is 5.97 Å². The second-order valence-corrected chi connectivity index (χ2v) is 4.04. The fourth-order valence-corrected chi connectivity index (χ4v) is 1.85. The third-order valence-corrected chi connectivity index (χ3v) is 2.88. The molecule has 18 heavy (non-hydrogen) atoms. The number of pyridine rings is 1. The van der Waals surface area contributed by atoms with E-state index in [4.69, 9.17) is 0 Å². The van der Waals surface area contributed by atoms with E-state index in [-0.39, 0.29) is 12.4 Å². The zero-order valence-corrected chi connectivity index (χ0v) is 10.5. The molecule has 1 aromatic carbocycles. The number of aromatic nitrogens is 1. The van der Waals surface area contributed by atoms with Gasteiger partial charge in [-0.25, -0.2) is 0 Å². The Morgan fingerprint density at radius 2 is 2.22 bits per heavy atom. The summed E-state index contributed by atoms with van der Waals surface area (Å²) in [7, 11) is 1.39. The van der Waals surface area contributed by atoms with E-state index in [1.807, 2.05) is 43.3 Å². The number of methoxy groups -OCH3 is 1. The van der Waals surface area contributed by atoms with Crippen molar-refractivity contribution in [1.82, 2.24) is 4.98 Å². The van der Waals surface area contributed by atoms with Gasteiger partial charge in [0.15, 0.2) is 0 Å². The van der Waals surface area contributed by atoms with Crippen molar-refractivity contribution in [3.8, 4) is 0 Å². The quantitative estimate of drug-likeness (QED) is 0.775. The number of ether oxygens (including phenoxy) is 1. The number of hydrogen-bond acceptors (Lipinski definition) is 3. The average molecular weight is 241 g/mol. The first kappa shape index (κ1) is 12.3. The van der Waals surface area contributed by atoms with Crippen molar-refractivity contribution in [3.05, 3.63) is 47.7 Å². The van der Waals surface area contributed by atoms with Crippen molar-refractivity contribution in [2.75, 3.05) is 7.11 Å². The third-order valence-electron chi connectivity index (χ3n) is 2.88. The van der Waals surface area contributed by atoms with Crippen molar-refractivity contribution < 1.29 is 9.53 Å². The van der Waals surface area contributed by atoms with E-state index in [0.29, 0.717) is 0 Å². The Bertz CT molecular complexity index is 602. The molecule has 3 heteroatoms. The lowest BCUT2D eigenvalue weighted by molar-refractivity contribution is -0.139. The summed E-state index contributed by atoms with van der Waals surface area (Å²) in [4.78, 5) is 15.4. The van der Waals surface area contributed by atoms with E-state index < -0.39 is 0 Å². The first-order valence-electron chi connectivity index (χ1n) is 5.80. The lowest BCUT2D eigenvalue weighted by atomic mass is 10.0. The second kappa shape index (κ2) is 5.45. The molecule has 2 aromatic rings. The van der Waals surface area contributed by atoms with Crippen molar-refractivity contribution in [3.63, 3.8) is 0 Å². The summed E-state index contributed by atoms with van der Waals surface area (Å²) in [5, 5.41) is 1.13. The topological polar surface area (TPSA) is 39.2 Å². The predicted octanol–water partition coefficient (Wildman–Crippen LogP) is 3.12. The molecule has 1 heterocycles. The SMILES string of the molecule is COC(=O)CC=Cc1ccc2cccnc2c1C. The lowest BCUT2D eigenvalue weighted by Crippen LogP contribution is -1.96. The molecule has 2 rings (SSSR count). The molecule has 0 spiro atoms. The minimum absolute atomic E-state index is 0.234. The maximum atomic E-state index is 11.0. The molecule has 0 aliphatic carbocycles. The van der Waals surface area contributed by atoms with Crippen LogP contribution in [0.2, 0.25) is 0 Å². The maximum absolute atomic E-state index is 11.0. The summed E-state index contributed by atoms with van der Waals surface area (Å²) >= 11 is 0. The number of nitrogens with zero attached hydrogens (tertiary/aromatic N) is 1. The average Bonchev–Trinajstić information content (AvgIpc) is 2.41. The molecule has 0 atom stereocenters. The van der Waals surface area contributed by atoms with E-state index in [1.54, 1.807) is 6.20 Å². The molecule has 0 aliphatic heterocycles. The summed E-state index contributed by atoms with van der Waals surface area (Å²) in [6.45, 7) is 2.03. The van der Waals surface area contributed by atoms with E-state index in [1.165, 1.54) is 7.11 Å². The Labute approximate surface area is 106 Å². The first-order valence-corrected chi connectivity index (χ1v) is 5.80. The van der Waals surface area contributed by atoms with Gasteiger partial charge in [0.1, 0.15) is 0 Å². The highest BCUT2D eigenvalue weighted by molar-refractivity contribution is 5.85. The number of aryl methyl sites for hydroxylation is 1. The standard InChI is InChI=1S/C15H15NO2/c1-11-12(5-3-7-14(17)18-2)8-9-13-6-4-10-16-15(11)13/h3-6,8-10H,7H2,1-2H3. The number of benzene rings is 1. The Morgan fingerprint density at radius 1 is 1.39 bits per heavy atom. The Hall–Kier alpha value is -2.16. The van der Waals surface area contributed by atoms with Gasteiger partial charge in [-0.1, -0.05) is 30.4 Å². The van der Waals surface area contributed by atoms with Crippen LogP contribution in [-0.2, 0) is 9.53 Å². The molecule has 0 fully saturated rings. The van der Waals surface area contributed by atoms with Crippen molar-refractivity contribution in [1.29, 1.82) is 0 Å². The van der Waals surface area contributed by atoms with Gasteiger partial charge < -0.3 is 4.74 Å². The number of esters is 1. The van der Waals surface area contributed by atoms with Gasteiger partial charge in [-0.05, 0) is 24.1 Å². The van der Waals surface area contributed by atoms with Crippen LogP contribution >= 0.6 is 0 Å².